The van der Waals surface area contributed by atoms with Crippen molar-refractivity contribution in [1.82, 2.24) is 5.32 Å². The Morgan fingerprint density at radius 3 is 1.64 bits per heavy atom. The second kappa shape index (κ2) is 3.55. The molecule has 0 rings (SSSR count). The van der Waals surface area contributed by atoms with E-state index in [2.05, 4.69) is 0 Å². The van der Waals surface area contributed by atoms with Crippen LogP contribution in [0.25, 0.3) is 0 Å². The summed E-state index contributed by atoms with van der Waals surface area (Å²) in [5, 5.41) is 1.99. The first-order valence-corrected chi connectivity index (χ1v) is 2.81. The molecule has 5 N–H and O–H groups in total. The van der Waals surface area contributed by atoms with Crippen LogP contribution >= 0.6 is 0 Å². The molecule has 0 radical (unpaired) electrons. The van der Waals surface area contributed by atoms with Crippen LogP contribution in [0.1, 0.15) is 6.92 Å². The number of hydrogen-bond acceptors (Lipinski definition) is 3. The first-order valence-electron chi connectivity index (χ1n) is 2.81. The molecule has 0 atom stereocenters. The molecule has 0 aromatic heterocycles. The topological polar surface area (TPSA) is 115 Å². The number of carbonyl (C=O) groups excluding carboxylic acids is 3. The van der Waals surface area contributed by atoms with Gasteiger partial charge in [-0.1, -0.05) is 0 Å². The highest BCUT2D eigenvalue weighted by molar-refractivity contribution is 6.05. The average Bonchev–Trinajstić information content (AvgIpc) is 1.81. The van der Waals surface area contributed by atoms with Gasteiger partial charge in [-0.15, -0.1) is 0 Å². The Morgan fingerprint density at radius 2 is 1.55 bits per heavy atom. The lowest BCUT2D eigenvalue weighted by atomic mass is 10.2. The monoisotopic (exact) mass is 159 g/mol. The Morgan fingerprint density at radius 1 is 1.18 bits per heavy atom. The lowest BCUT2D eigenvalue weighted by Gasteiger charge is -2.08. The molecule has 0 aliphatic rings. The van der Waals surface area contributed by atoms with Gasteiger partial charge in [-0.2, -0.15) is 0 Å². The Labute approximate surface area is 62.9 Å². The van der Waals surface area contributed by atoms with E-state index >= 15 is 0 Å². The summed E-state index contributed by atoms with van der Waals surface area (Å²) in [6.07, 6.45) is 0. The fourth-order valence-electron chi connectivity index (χ4n) is 0.486. The maximum atomic E-state index is 10.4. The van der Waals surface area contributed by atoms with Gasteiger partial charge in [0.25, 0.3) is 0 Å². The van der Waals surface area contributed by atoms with E-state index in [-0.39, 0.29) is 0 Å². The minimum Gasteiger partial charge on any atom is -0.367 e. The van der Waals surface area contributed by atoms with Gasteiger partial charge in [0.15, 0.2) is 6.04 Å². The number of nitrogens with one attached hydrogen (secondary N) is 1. The summed E-state index contributed by atoms with van der Waals surface area (Å²) in [6.45, 7) is 1.15. The third-order valence-electron chi connectivity index (χ3n) is 0.917. The van der Waals surface area contributed by atoms with Crippen molar-refractivity contribution in [2.75, 3.05) is 0 Å². The van der Waals surface area contributed by atoms with E-state index in [4.69, 9.17) is 11.5 Å². The van der Waals surface area contributed by atoms with Gasteiger partial charge >= 0.3 is 0 Å². The molecule has 6 heteroatoms. The van der Waals surface area contributed by atoms with Crippen LogP contribution in [0, 0.1) is 0 Å². The zero-order valence-electron chi connectivity index (χ0n) is 5.96. The molecule has 3 amide bonds. The van der Waals surface area contributed by atoms with E-state index in [1.807, 2.05) is 5.32 Å². The number of carbonyl (C=O) groups is 3. The number of rotatable bonds is 3. The molecule has 0 aliphatic heterocycles. The molecule has 0 saturated heterocycles. The van der Waals surface area contributed by atoms with Gasteiger partial charge in [-0.3, -0.25) is 14.4 Å². The molecule has 0 aromatic rings. The smallest absolute Gasteiger partial charge is 0.249 e. The van der Waals surface area contributed by atoms with Gasteiger partial charge < -0.3 is 16.8 Å². The number of primary amides is 2. The Bertz CT molecular complexity index is 187. The zero-order chi connectivity index (χ0) is 9.02. The van der Waals surface area contributed by atoms with Crippen molar-refractivity contribution in [1.29, 1.82) is 0 Å². The van der Waals surface area contributed by atoms with E-state index in [0.29, 0.717) is 0 Å². The predicted molar refractivity (Wildman–Crippen MR) is 36.0 cm³/mol. The largest absolute Gasteiger partial charge is 0.367 e. The quantitative estimate of drug-likeness (QED) is 0.394. The van der Waals surface area contributed by atoms with Crippen LogP contribution in [0.2, 0.25) is 0 Å². The molecule has 62 valence electrons. The summed E-state index contributed by atoms with van der Waals surface area (Å²) < 4.78 is 0. The maximum Gasteiger partial charge on any atom is 0.249 e. The molecule has 11 heavy (non-hydrogen) atoms. The van der Waals surface area contributed by atoms with Crippen molar-refractivity contribution in [2.24, 2.45) is 11.5 Å². The summed E-state index contributed by atoms with van der Waals surface area (Å²) in [7, 11) is 0. The predicted octanol–water partition coefficient (Wildman–Crippen LogP) is -2.54. The molecular weight excluding hydrogens is 150 g/mol. The van der Waals surface area contributed by atoms with Gasteiger partial charge in [-0.25, -0.2) is 0 Å². The van der Waals surface area contributed by atoms with Crippen LogP contribution in [-0.2, 0) is 14.4 Å². The van der Waals surface area contributed by atoms with E-state index in [9.17, 15) is 14.4 Å². The summed E-state index contributed by atoms with van der Waals surface area (Å²) >= 11 is 0. The SMILES string of the molecule is CC(=O)NC(C(N)=O)C(N)=O. The fourth-order valence-corrected chi connectivity index (χ4v) is 0.486. The van der Waals surface area contributed by atoms with Crippen LogP contribution in [-0.4, -0.2) is 23.8 Å². The van der Waals surface area contributed by atoms with Crippen LogP contribution in [0.4, 0.5) is 0 Å². The average molecular weight is 159 g/mol. The van der Waals surface area contributed by atoms with Crippen molar-refractivity contribution in [3.05, 3.63) is 0 Å². The normalized spacial score (nSPS) is 9.27. The van der Waals surface area contributed by atoms with Crippen molar-refractivity contribution in [3.63, 3.8) is 0 Å². The zero-order valence-corrected chi connectivity index (χ0v) is 5.96. The second-order valence-electron chi connectivity index (χ2n) is 1.94. The lowest BCUT2D eigenvalue weighted by molar-refractivity contribution is -0.133. The summed E-state index contributed by atoms with van der Waals surface area (Å²) in [4.78, 5) is 31.1. The minimum absolute atomic E-state index is 0.535. The lowest BCUT2D eigenvalue weighted by Crippen LogP contribution is -2.51. The third kappa shape index (κ3) is 3.19. The van der Waals surface area contributed by atoms with E-state index in [0.717, 1.165) is 6.92 Å². The van der Waals surface area contributed by atoms with E-state index in [1.165, 1.54) is 0 Å². The number of amides is 3. The van der Waals surface area contributed by atoms with Gasteiger partial charge in [0.1, 0.15) is 0 Å². The molecular formula is C5H9N3O3. The summed E-state index contributed by atoms with van der Waals surface area (Å²) in [6, 6.07) is -1.41. The Balaban J connectivity index is 4.23. The van der Waals surface area contributed by atoms with Crippen molar-refractivity contribution < 1.29 is 14.4 Å². The Hall–Kier alpha value is -1.59. The highest BCUT2D eigenvalue weighted by Crippen LogP contribution is 1.79. The molecule has 0 heterocycles. The minimum atomic E-state index is -1.41. The molecule has 6 nitrogen and oxygen atoms in total. The molecule has 0 aromatic carbocycles. The second-order valence-corrected chi connectivity index (χ2v) is 1.94. The maximum absolute atomic E-state index is 10.4. The van der Waals surface area contributed by atoms with Crippen molar-refractivity contribution in [2.45, 2.75) is 13.0 Å². The molecule has 0 fully saturated rings. The standard InChI is InChI=1S/C5H9N3O3/c1-2(9)8-3(4(6)10)5(7)11/h3H,1H3,(H2,6,10)(H2,7,11)(H,8,9). The number of nitrogens with two attached hydrogens (primary N) is 2. The van der Waals surface area contributed by atoms with Crippen LogP contribution in [0.5, 0.6) is 0 Å². The highest BCUT2D eigenvalue weighted by Gasteiger charge is 2.21. The third-order valence-corrected chi connectivity index (χ3v) is 0.917. The van der Waals surface area contributed by atoms with E-state index < -0.39 is 23.8 Å². The molecule has 0 unspecified atom stereocenters. The van der Waals surface area contributed by atoms with Crippen LogP contribution in [0.3, 0.4) is 0 Å². The molecule has 0 bridgehead atoms. The van der Waals surface area contributed by atoms with Gasteiger partial charge in [0, 0.05) is 6.92 Å². The first kappa shape index (κ1) is 9.41. The summed E-state index contributed by atoms with van der Waals surface area (Å²) in [5.74, 6) is -2.46. The summed E-state index contributed by atoms with van der Waals surface area (Å²) in [5.41, 5.74) is 9.46. The molecule has 0 spiro atoms. The van der Waals surface area contributed by atoms with Gasteiger partial charge in [0.2, 0.25) is 17.7 Å². The highest BCUT2D eigenvalue weighted by atomic mass is 16.2. The van der Waals surface area contributed by atoms with Gasteiger partial charge in [-0.05, 0) is 0 Å². The molecule has 0 saturated carbocycles. The fraction of sp³-hybridized carbons (Fsp3) is 0.400. The van der Waals surface area contributed by atoms with Crippen LogP contribution < -0.4 is 16.8 Å². The number of hydrogen-bond donors (Lipinski definition) is 3. The van der Waals surface area contributed by atoms with E-state index in [1.54, 1.807) is 0 Å². The van der Waals surface area contributed by atoms with Crippen molar-refractivity contribution in [3.8, 4) is 0 Å². The first-order chi connectivity index (χ1) is 4.95. The van der Waals surface area contributed by atoms with Gasteiger partial charge in [0.05, 0.1) is 0 Å². The van der Waals surface area contributed by atoms with Crippen molar-refractivity contribution >= 4 is 17.7 Å². The Kier molecular flexibility index (Phi) is 3.03. The van der Waals surface area contributed by atoms with Crippen LogP contribution in [0.15, 0.2) is 0 Å². The molecule has 0 aliphatic carbocycles.